The zero-order valence-electron chi connectivity index (χ0n) is 13.4. The van der Waals surface area contributed by atoms with Crippen LogP contribution in [0.2, 0.25) is 0 Å². The minimum Gasteiger partial charge on any atom is -0.468 e. The van der Waals surface area contributed by atoms with Crippen LogP contribution in [0.3, 0.4) is 0 Å². The fraction of sp³-hybridized carbons (Fsp3) is 0.938. The predicted octanol–water partition coefficient (Wildman–Crippen LogP) is 0.698. The molecule has 3 rings (SSSR count). The first-order valence-corrected chi connectivity index (χ1v) is 8.41. The lowest BCUT2D eigenvalue weighted by atomic mass is 9.91. The van der Waals surface area contributed by atoms with E-state index >= 15 is 0 Å². The van der Waals surface area contributed by atoms with Gasteiger partial charge in [0.15, 0.2) is 0 Å². The summed E-state index contributed by atoms with van der Waals surface area (Å²) in [6, 6.07) is 0.527. The summed E-state index contributed by atoms with van der Waals surface area (Å²) in [4.78, 5) is 17.4. The Morgan fingerprint density at radius 3 is 2.57 bits per heavy atom. The molecule has 120 valence electrons. The first-order valence-electron chi connectivity index (χ1n) is 8.41. The van der Waals surface area contributed by atoms with E-state index in [9.17, 15) is 4.79 Å². The first-order chi connectivity index (χ1) is 10.1. The standard InChI is InChI=1S/C16H29N3O2/c1-18-8-3-9-19(11-10-18)12-16(13-4-5-13,15(20)21-2)17-14-6-7-14/h13-14,17H,3-12H2,1-2H3. The summed E-state index contributed by atoms with van der Waals surface area (Å²) in [5, 5.41) is 3.67. The summed E-state index contributed by atoms with van der Waals surface area (Å²) in [5.74, 6) is 0.418. The van der Waals surface area contributed by atoms with E-state index in [1.807, 2.05) is 0 Å². The molecule has 1 aliphatic heterocycles. The number of ether oxygens (including phenoxy) is 1. The molecule has 0 spiro atoms. The Morgan fingerprint density at radius 1 is 1.19 bits per heavy atom. The second-order valence-corrected chi connectivity index (χ2v) is 7.09. The fourth-order valence-corrected chi connectivity index (χ4v) is 3.54. The highest BCUT2D eigenvalue weighted by atomic mass is 16.5. The highest BCUT2D eigenvalue weighted by molar-refractivity contribution is 5.82. The highest BCUT2D eigenvalue weighted by Gasteiger charge is 2.54. The van der Waals surface area contributed by atoms with Gasteiger partial charge < -0.3 is 9.64 Å². The summed E-state index contributed by atoms with van der Waals surface area (Å²) < 4.78 is 5.20. The lowest BCUT2D eigenvalue weighted by Gasteiger charge is -2.37. The summed E-state index contributed by atoms with van der Waals surface area (Å²) in [6.45, 7) is 5.19. The number of likely N-dealkylation sites (N-methyl/N-ethyl adjacent to an activating group) is 1. The van der Waals surface area contributed by atoms with Crippen molar-refractivity contribution in [2.75, 3.05) is 46.9 Å². The Morgan fingerprint density at radius 2 is 1.95 bits per heavy atom. The zero-order valence-corrected chi connectivity index (χ0v) is 13.4. The number of nitrogens with zero attached hydrogens (tertiary/aromatic N) is 2. The maximum Gasteiger partial charge on any atom is 0.327 e. The van der Waals surface area contributed by atoms with Crippen LogP contribution in [0.25, 0.3) is 0 Å². The molecule has 1 saturated heterocycles. The minimum absolute atomic E-state index is 0.0468. The Labute approximate surface area is 128 Å². The van der Waals surface area contributed by atoms with Gasteiger partial charge in [-0.05, 0) is 58.2 Å². The molecule has 1 unspecified atom stereocenters. The largest absolute Gasteiger partial charge is 0.468 e. The molecule has 3 fully saturated rings. The third-order valence-electron chi connectivity index (χ3n) is 5.15. The van der Waals surface area contributed by atoms with Crippen LogP contribution < -0.4 is 5.32 Å². The smallest absolute Gasteiger partial charge is 0.327 e. The van der Waals surface area contributed by atoms with Crippen molar-refractivity contribution in [2.45, 2.75) is 43.7 Å². The summed E-state index contributed by atoms with van der Waals surface area (Å²) >= 11 is 0. The van der Waals surface area contributed by atoms with E-state index in [-0.39, 0.29) is 5.97 Å². The van der Waals surface area contributed by atoms with Crippen LogP contribution in [0.4, 0.5) is 0 Å². The van der Waals surface area contributed by atoms with E-state index in [1.54, 1.807) is 0 Å². The van der Waals surface area contributed by atoms with Crippen LogP contribution in [-0.4, -0.2) is 74.2 Å². The molecule has 5 heteroatoms. The van der Waals surface area contributed by atoms with Gasteiger partial charge in [0, 0.05) is 25.7 Å². The Balaban J connectivity index is 1.72. The number of esters is 1. The molecule has 0 aromatic heterocycles. The number of carbonyl (C=O) groups excluding carboxylic acids is 1. The predicted molar refractivity (Wildman–Crippen MR) is 82.2 cm³/mol. The quantitative estimate of drug-likeness (QED) is 0.731. The number of hydrogen-bond acceptors (Lipinski definition) is 5. The second kappa shape index (κ2) is 6.23. The zero-order chi connectivity index (χ0) is 14.9. The van der Waals surface area contributed by atoms with Crippen LogP contribution in [-0.2, 0) is 9.53 Å². The summed E-state index contributed by atoms with van der Waals surface area (Å²) in [6.07, 6.45) is 5.90. The molecule has 3 aliphatic rings. The van der Waals surface area contributed by atoms with Gasteiger partial charge in [0.2, 0.25) is 0 Å². The van der Waals surface area contributed by atoms with Crippen LogP contribution >= 0.6 is 0 Å². The number of rotatable bonds is 6. The number of carbonyl (C=O) groups is 1. The van der Waals surface area contributed by atoms with Gasteiger partial charge in [-0.15, -0.1) is 0 Å². The molecule has 1 N–H and O–H groups in total. The Kier molecular flexibility index (Phi) is 4.52. The molecular weight excluding hydrogens is 266 g/mol. The van der Waals surface area contributed by atoms with Crippen molar-refractivity contribution in [1.82, 2.24) is 15.1 Å². The molecule has 0 aromatic carbocycles. The van der Waals surface area contributed by atoms with Crippen LogP contribution in [0.15, 0.2) is 0 Å². The van der Waals surface area contributed by atoms with Gasteiger partial charge in [0.1, 0.15) is 5.54 Å². The third-order valence-corrected chi connectivity index (χ3v) is 5.15. The highest BCUT2D eigenvalue weighted by Crippen LogP contribution is 2.43. The van der Waals surface area contributed by atoms with E-state index in [0.717, 1.165) is 45.6 Å². The van der Waals surface area contributed by atoms with Crippen molar-refractivity contribution in [3.8, 4) is 0 Å². The van der Waals surface area contributed by atoms with Gasteiger partial charge in [-0.3, -0.25) is 10.2 Å². The molecule has 0 aromatic rings. The SMILES string of the molecule is COC(=O)C(CN1CCCN(C)CC1)(NC1CC1)C1CC1. The van der Waals surface area contributed by atoms with Crippen molar-refractivity contribution in [2.24, 2.45) is 5.92 Å². The van der Waals surface area contributed by atoms with E-state index in [4.69, 9.17) is 4.74 Å². The molecule has 0 radical (unpaired) electrons. The van der Waals surface area contributed by atoms with E-state index < -0.39 is 5.54 Å². The van der Waals surface area contributed by atoms with Gasteiger partial charge >= 0.3 is 5.97 Å². The number of hydrogen-bond donors (Lipinski definition) is 1. The maximum absolute atomic E-state index is 12.6. The molecule has 1 heterocycles. The fourth-order valence-electron chi connectivity index (χ4n) is 3.54. The van der Waals surface area contributed by atoms with Crippen molar-refractivity contribution >= 4 is 5.97 Å². The molecule has 5 nitrogen and oxygen atoms in total. The molecule has 2 saturated carbocycles. The number of methoxy groups -OCH3 is 1. The molecule has 0 bridgehead atoms. The molecular formula is C16H29N3O2. The van der Waals surface area contributed by atoms with Crippen molar-refractivity contribution < 1.29 is 9.53 Å². The Bertz CT molecular complexity index is 382. The molecule has 21 heavy (non-hydrogen) atoms. The lowest BCUT2D eigenvalue weighted by molar-refractivity contribution is -0.151. The Hall–Kier alpha value is -0.650. The first kappa shape index (κ1) is 15.3. The van der Waals surface area contributed by atoms with Crippen molar-refractivity contribution in [3.63, 3.8) is 0 Å². The average molecular weight is 295 g/mol. The molecule has 2 aliphatic carbocycles. The van der Waals surface area contributed by atoms with Crippen LogP contribution in [0, 0.1) is 5.92 Å². The van der Waals surface area contributed by atoms with Gasteiger partial charge in [-0.1, -0.05) is 0 Å². The van der Waals surface area contributed by atoms with E-state index in [0.29, 0.717) is 12.0 Å². The topological polar surface area (TPSA) is 44.8 Å². The third kappa shape index (κ3) is 3.58. The van der Waals surface area contributed by atoms with E-state index in [1.165, 1.54) is 26.4 Å². The van der Waals surface area contributed by atoms with Crippen molar-refractivity contribution in [1.29, 1.82) is 0 Å². The summed E-state index contributed by atoms with van der Waals surface area (Å²) in [5.41, 5.74) is -0.459. The number of nitrogens with one attached hydrogen (secondary N) is 1. The normalized spacial score (nSPS) is 27.9. The molecule has 0 amide bonds. The lowest BCUT2D eigenvalue weighted by Crippen LogP contribution is -2.62. The van der Waals surface area contributed by atoms with Gasteiger partial charge in [0.05, 0.1) is 7.11 Å². The van der Waals surface area contributed by atoms with E-state index in [2.05, 4.69) is 22.2 Å². The van der Waals surface area contributed by atoms with Gasteiger partial charge in [0.25, 0.3) is 0 Å². The van der Waals surface area contributed by atoms with Gasteiger partial charge in [-0.25, -0.2) is 4.79 Å². The second-order valence-electron chi connectivity index (χ2n) is 7.09. The van der Waals surface area contributed by atoms with Crippen LogP contribution in [0.5, 0.6) is 0 Å². The summed E-state index contributed by atoms with van der Waals surface area (Å²) in [7, 11) is 3.71. The average Bonchev–Trinajstić information content (AvgIpc) is 3.32. The van der Waals surface area contributed by atoms with Crippen LogP contribution in [0.1, 0.15) is 32.1 Å². The van der Waals surface area contributed by atoms with Crippen molar-refractivity contribution in [3.05, 3.63) is 0 Å². The minimum atomic E-state index is -0.459. The monoisotopic (exact) mass is 295 g/mol. The molecule has 1 atom stereocenters. The maximum atomic E-state index is 12.6. The van der Waals surface area contributed by atoms with Gasteiger partial charge in [-0.2, -0.15) is 0 Å².